The van der Waals surface area contributed by atoms with Crippen LogP contribution in [0.5, 0.6) is 0 Å². The van der Waals surface area contributed by atoms with Gasteiger partial charge in [0.15, 0.2) is 5.13 Å². The number of aromatic nitrogens is 3. The van der Waals surface area contributed by atoms with Crippen LogP contribution in [0, 0.1) is 0 Å². The highest BCUT2D eigenvalue weighted by Gasteiger charge is 2.31. The molecule has 1 amide bonds. The minimum absolute atomic E-state index is 0.0294. The maximum atomic E-state index is 13.3. The standard InChI is InChI=1S/C21H18F3N5O2S/c1-2-14-12-29(9-10-31-14)19(30)18-17(15-5-3-4-7-25-15)28-20(32-18)27-16-11-13(6-8-26-16)21(22,23)24/h2-8,11,14H,1,9-10,12H2,(H,26,27,28)/t14-/m0/s1. The lowest BCUT2D eigenvalue weighted by Gasteiger charge is -2.31. The highest BCUT2D eigenvalue weighted by molar-refractivity contribution is 7.18. The normalized spacial score (nSPS) is 16.6. The number of nitrogens with one attached hydrogen (secondary N) is 1. The van der Waals surface area contributed by atoms with Crippen molar-refractivity contribution in [1.82, 2.24) is 19.9 Å². The van der Waals surface area contributed by atoms with Crippen LogP contribution >= 0.6 is 11.3 Å². The van der Waals surface area contributed by atoms with Gasteiger partial charge in [0.1, 0.15) is 16.4 Å². The molecule has 0 spiro atoms. The van der Waals surface area contributed by atoms with E-state index in [-0.39, 0.29) is 23.0 Å². The summed E-state index contributed by atoms with van der Waals surface area (Å²) in [4.78, 5) is 27.9. The molecular formula is C21H18F3N5O2S. The van der Waals surface area contributed by atoms with Crippen LogP contribution in [0.1, 0.15) is 15.2 Å². The number of hydrogen-bond donors (Lipinski definition) is 1. The summed E-state index contributed by atoms with van der Waals surface area (Å²) in [6.07, 6.45) is -0.495. The molecule has 1 aliphatic rings. The average molecular weight is 461 g/mol. The molecule has 0 aliphatic carbocycles. The van der Waals surface area contributed by atoms with Crippen LogP contribution in [0.3, 0.4) is 0 Å². The number of halogens is 3. The second kappa shape index (κ2) is 9.05. The molecule has 11 heteroatoms. The molecule has 32 heavy (non-hydrogen) atoms. The van der Waals surface area contributed by atoms with Crippen LogP contribution in [0.4, 0.5) is 24.1 Å². The van der Waals surface area contributed by atoms with E-state index in [1.807, 2.05) is 0 Å². The number of carbonyl (C=O) groups is 1. The summed E-state index contributed by atoms with van der Waals surface area (Å²) in [5.74, 6) is -0.290. The predicted octanol–water partition coefficient (Wildman–Crippen LogP) is 4.39. The summed E-state index contributed by atoms with van der Waals surface area (Å²) in [6, 6.07) is 6.99. The van der Waals surface area contributed by atoms with Crippen LogP contribution in [0.15, 0.2) is 55.4 Å². The maximum absolute atomic E-state index is 13.3. The van der Waals surface area contributed by atoms with E-state index in [1.54, 1.807) is 35.4 Å². The molecule has 4 rings (SSSR count). The van der Waals surface area contributed by atoms with Crippen LogP contribution in [-0.2, 0) is 10.9 Å². The van der Waals surface area contributed by atoms with Gasteiger partial charge in [-0.2, -0.15) is 13.2 Å². The lowest BCUT2D eigenvalue weighted by atomic mass is 10.2. The van der Waals surface area contributed by atoms with E-state index < -0.39 is 11.7 Å². The summed E-state index contributed by atoms with van der Waals surface area (Å²) < 4.78 is 44.6. The summed E-state index contributed by atoms with van der Waals surface area (Å²) >= 11 is 1.03. The number of carbonyl (C=O) groups excluding carboxylic acids is 1. The van der Waals surface area contributed by atoms with Gasteiger partial charge in [-0.05, 0) is 24.3 Å². The van der Waals surface area contributed by atoms with Crippen molar-refractivity contribution in [2.45, 2.75) is 12.3 Å². The van der Waals surface area contributed by atoms with Crippen molar-refractivity contribution in [3.8, 4) is 11.4 Å². The van der Waals surface area contributed by atoms with E-state index in [0.717, 1.165) is 29.7 Å². The second-order valence-corrected chi connectivity index (χ2v) is 7.86. The molecule has 7 nitrogen and oxygen atoms in total. The minimum Gasteiger partial charge on any atom is -0.370 e. The highest BCUT2D eigenvalue weighted by Crippen LogP contribution is 2.34. The van der Waals surface area contributed by atoms with Crippen molar-refractivity contribution >= 4 is 28.2 Å². The molecule has 4 heterocycles. The first-order valence-electron chi connectivity index (χ1n) is 9.61. The fourth-order valence-corrected chi connectivity index (χ4v) is 4.08. The zero-order chi connectivity index (χ0) is 22.7. The zero-order valence-corrected chi connectivity index (χ0v) is 17.5. The number of alkyl halides is 3. The summed E-state index contributed by atoms with van der Waals surface area (Å²) in [5, 5.41) is 3.01. The summed E-state index contributed by atoms with van der Waals surface area (Å²) in [7, 11) is 0. The van der Waals surface area contributed by atoms with Crippen molar-refractivity contribution in [2.75, 3.05) is 25.0 Å². The number of nitrogens with zero attached hydrogens (tertiary/aromatic N) is 4. The minimum atomic E-state index is -4.50. The fourth-order valence-electron chi connectivity index (χ4n) is 3.13. The number of amides is 1. The van der Waals surface area contributed by atoms with E-state index in [9.17, 15) is 18.0 Å². The Kier molecular flexibility index (Phi) is 6.19. The van der Waals surface area contributed by atoms with Gasteiger partial charge in [-0.25, -0.2) is 9.97 Å². The average Bonchev–Trinajstić information content (AvgIpc) is 3.22. The Balaban J connectivity index is 1.67. The Morgan fingerprint density at radius 3 is 2.84 bits per heavy atom. The Labute approximate surface area is 185 Å². The van der Waals surface area contributed by atoms with Crippen molar-refractivity contribution in [3.05, 3.63) is 65.8 Å². The molecule has 0 saturated carbocycles. The Morgan fingerprint density at radius 2 is 2.12 bits per heavy atom. The van der Waals surface area contributed by atoms with E-state index in [2.05, 4.69) is 26.8 Å². The SMILES string of the molecule is C=C[C@H]1CN(C(=O)c2sc(Nc3cc(C(F)(F)F)ccn3)nc2-c2ccccn2)CCO1. The quantitative estimate of drug-likeness (QED) is 0.568. The third kappa shape index (κ3) is 4.78. The molecule has 0 bridgehead atoms. The summed E-state index contributed by atoms with van der Waals surface area (Å²) in [6.45, 7) is 4.84. The zero-order valence-electron chi connectivity index (χ0n) is 16.7. The molecule has 1 fully saturated rings. The Bertz CT molecular complexity index is 1120. The van der Waals surface area contributed by atoms with Crippen molar-refractivity contribution in [1.29, 1.82) is 0 Å². The van der Waals surface area contributed by atoms with Gasteiger partial charge in [0, 0.05) is 18.9 Å². The molecule has 3 aromatic heterocycles. The van der Waals surface area contributed by atoms with Gasteiger partial charge in [0.25, 0.3) is 5.91 Å². The topological polar surface area (TPSA) is 80.2 Å². The van der Waals surface area contributed by atoms with Gasteiger partial charge >= 0.3 is 6.18 Å². The van der Waals surface area contributed by atoms with Gasteiger partial charge in [0.2, 0.25) is 0 Å². The van der Waals surface area contributed by atoms with E-state index >= 15 is 0 Å². The molecule has 0 radical (unpaired) electrons. The third-order valence-corrected chi connectivity index (χ3v) is 5.65. The van der Waals surface area contributed by atoms with Crippen molar-refractivity contribution in [3.63, 3.8) is 0 Å². The molecular weight excluding hydrogens is 443 g/mol. The summed E-state index contributed by atoms with van der Waals surface area (Å²) in [5.41, 5.74) is -0.0148. The highest BCUT2D eigenvalue weighted by atomic mass is 32.1. The fraction of sp³-hybridized carbons (Fsp3) is 0.238. The molecule has 0 unspecified atom stereocenters. The van der Waals surface area contributed by atoms with E-state index in [4.69, 9.17) is 4.74 Å². The van der Waals surface area contributed by atoms with Crippen LogP contribution in [0.2, 0.25) is 0 Å². The number of hydrogen-bond acceptors (Lipinski definition) is 7. The first-order valence-corrected chi connectivity index (χ1v) is 10.4. The number of thiazole rings is 1. The molecule has 1 aliphatic heterocycles. The largest absolute Gasteiger partial charge is 0.416 e. The number of rotatable bonds is 5. The Morgan fingerprint density at radius 1 is 1.28 bits per heavy atom. The van der Waals surface area contributed by atoms with Crippen LogP contribution in [0.25, 0.3) is 11.4 Å². The molecule has 0 aromatic carbocycles. The number of ether oxygens (including phenoxy) is 1. The van der Waals surface area contributed by atoms with Gasteiger partial charge in [0.05, 0.1) is 30.5 Å². The monoisotopic (exact) mass is 461 g/mol. The second-order valence-electron chi connectivity index (χ2n) is 6.86. The van der Waals surface area contributed by atoms with Crippen molar-refractivity contribution < 1.29 is 22.7 Å². The smallest absolute Gasteiger partial charge is 0.370 e. The molecule has 1 atom stereocenters. The molecule has 166 valence electrons. The maximum Gasteiger partial charge on any atom is 0.416 e. The lowest BCUT2D eigenvalue weighted by Crippen LogP contribution is -2.44. The van der Waals surface area contributed by atoms with Gasteiger partial charge in [-0.1, -0.05) is 23.5 Å². The number of morpholine rings is 1. The van der Waals surface area contributed by atoms with E-state index in [1.165, 1.54) is 0 Å². The number of pyridine rings is 2. The molecule has 3 aromatic rings. The first-order chi connectivity index (χ1) is 15.3. The first kappa shape index (κ1) is 21.9. The van der Waals surface area contributed by atoms with Gasteiger partial charge in [-0.15, -0.1) is 6.58 Å². The van der Waals surface area contributed by atoms with Crippen LogP contribution < -0.4 is 5.32 Å². The molecule has 1 N–H and O–H groups in total. The number of anilines is 2. The third-order valence-electron chi connectivity index (χ3n) is 4.69. The van der Waals surface area contributed by atoms with E-state index in [0.29, 0.717) is 36.0 Å². The Hall–Kier alpha value is -3.31. The van der Waals surface area contributed by atoms with Gasteiger partial charge < -0.3 is 15.0 Å². The van der Waals surface area contributed by atoms with Gasteiger partial charge in [-0.3, -0.25) is 9.78 Å². The predicted molar refractivity (Wildman–Crippen MR) is 114 cm³/mol. The van der Waals surface area contributed by atoms with Crippen molar-refractivity contribution in [2.24, 2.45) is 0 Å². The van der Waals surface area contributed by atoms with Crippen LogP contribution in [-0.4, -0.2) is 51.6 Å². The lowest BCUT2D eigenvalue weighted by molar-refractivity contribution is -0.137. The molecule has 1 saturated heterocycles.